The SMILES string of the molecule is CCOC(=O)CC1(C(=O)OCC)CCN(CC2CN(CCN3CCN(C)CC3)C(=O)O2)CC1.CN1CCN(CCN2CC(COS(C)(=O)=O)OC2=O)CC1. The number of cyclic esters (lactones) is 2. The van der Waals surface area contributed by atoms with E-state index in [4.69, 9.17) is 18.9 Å². The van der Waals surface area contributed by atoms with Gasteiger partial charge in [0.25, 0.3) is 10.1 Å². The molecule has 19 heteroatoms. The molecular formula is C35H63N7O11S. The minimum absolute atomic E-state index is 0.0476. The van der Waals surface area contributed by atoms with Gasteiger partial charge in [0.1, 0.15) is 18.8 Å². The Morgan fingerprint density at radius 2 is 1.19 bits per heavy atom. The standard InChI is InChI=1S/C23H40N4O6.C12H23N3O5S/c1-4-31-20(28)16-23(21(29)32-5-2)6-8-26(9-7-23)17-19-18-27(22(30)33-19)15-14-25-12-10-24(3)11-13-25;1-13-3-5-14(6-4-13)7-8-15-9-11(20-12(15)16)10-19-21(2,17)18/h19H,4-18H2,1-3H3;11H,3-10H2,1-2H3. The van der Waals surface area contributed by atoms with Gasteiger partial charge in [0.05, 0.1) is 44.4 Å². The number of rotatable bonds is 16. The van der Waals surface area contributed by atoms with E-state index < -0.39 is 27.7 Å². The fraction of sp³-hybridized carbons (Fsp3) is 0.886. The Bertz CT molecular complexity index is 1330. The molecule has 2 amide bonds. The lowest BCUT2D eigenvalue weighted by molar-refractivity contribution is -0.165. The van der Waals surface area contributed by atoms with Gasteiger partial charge in [0.15, 0.2) is 0 Å². The van der Waals surface area contributed by atoms with E-state index in [2.05, 4.69) is 42.8 Å². The maximum Gasteiger partial charge on any atom is 0.410 e. The largest absolute Gasteiger partial charge is 0.466 e. The highest BCUT2D eigenvalue weighted by Gasteiger charge is 2.45. The van der Waals surface area contributed by atoms with Gasteiger partial charge < -0.3 is 38.5 Å². The first-order valence-corrected chi connectivity index (χ1v) is 21.1. The van der Waals surface area contributed by atoms with Crippen molar-refractivity contribution in [3.63, 3.8) is 0 Å². The van der Waals surface area contributed by atoms with E-state index in [-0.39, 0.29) is 43.8 Å². The van der Waals surface area contributed by atoms with E-state index in [1.54, 1.807) is 23.6 Å². The van der Waals surface area contributed by atoms with Crippen molar-refractivity contribution < 1.29 is 50.7 Å². The van der Waals surface area contributed by atoms with E-state index >= 15 is 0 Å². The predicted octanol–water partition coefficient (Wildman–Crippen LogP) is -0.316. The van der Waals surface area contributed by atoms with Crippen LogP contribution in [-0.4, -0.2) is 230 Å². The summed E-state index contributed by atoms with van der Waals surface area (Å²) in [5, 5.41) is 0. The number of hydrogen-bond acceptors (Lipinski definition) is 16. The summed E-state index contributed by atoms with van der Waals surface area (Å²) in [6, 6.07) is 0. The number of piperidine rings is 1. The van der Waals surface area contributed by atoms with Crippen molar-refractivity contribution in [3.05, 3.63) is 0 Å². The molecule has 18 nitrogen and oxygen atoms in total. The van der Waals surface area contributed by atoms with Gasteiger partial charge in [-0.05, 0) is 53.9 Å². The number of carbonyl (C=O) groups is 4. The van der Waals surface area contributed by atoms with Gasteiger partial charge in [-0.2, -0.15) is 8.42 Å². The van der Waals surface area contributed by atoms with Gasteiger partial charge in [-0.3, -0.25) is 28.5 Å². The lowest BCUT2D eigenvalue weighted by atomic mass is 9.75. The lowest BCUT2D eigenvalue weighted by Crippen LogP contribution is -2.48. The molecule has 0 aliphatic carbocycles. The molecule has 5 fully saturated rings. The summed E-state index contributed by atoms with van der Waals surface area (Å²) in [4.78, 5) is 63.8. The van der Waals surface area contributed by atoms with Crippen LogP contribution in [0.4, 0.5) is 9.59 Å². The molecule has 0 aromatic carbocycles. The molecule has 0 spiro atoms. The molecule has 0 bridgehead atoms. The third-order valence-electron chi connectivity index (χ3n) is 10.7. The van der Waals surface area contributed by atoms with E-state index in [0.717, 1.165) is 71.7 Å². The molecule has 5 aliphatic heterocycles. The maximum atomic E-state index is 12.7. The molecule has 0 N–H and O–H groups in total. The summed E-state index contributed by atoms with van der Waals surface area (Å²) >= 11 is 0. The van der Waals surface area contributed by atoms with Crippen LogP contribution in [0.15, 0.2) is 0 Å². The molecule has 0 aromatic heterocycles. The van der Waals surface area contributed by atoms with E-state index in [9.17, 15) is 27.6 Å². The normalized spacial score (nSPS) is 24.8. The Labute approximate surface area is 320 Å². The number of ether oxygens (including phenoxy) is 4. The molecular weight excluding hydrogens is 726 g/mol. The fourth-order valence-electron chi connectivity index (χ4n) is 7.24. The van der Waals surface area contributed by atoms with Crippen LogP contribution in [0.25, 0.3) is 0 Å². The molecule has 2 atom stereocenters. The van der Waals surface area contributed by atoms with Crippen LogP contribution in [0.5, 0.6) is 0 Å². The van der Waals surface area contributed by atoms with Crippen molar-refractivity contribution in [1.29, 1.82) is 0 Å². The van der Waals surface area contributed by atoms with Gasteiger partial charge in [-0.1, -0.05) is 0 Å². The van der Waals surface area contributed by atoms with Crippen LogP contribution in [0.1, 0.15) is 33.1 Å². The van der Waals surface area contributed by atoms with Crippen LogP contribution >= 0.6 is 0 Å². The third-order valence-corrected chi connectivity index (χ3v) is 11.3. The van der Waals surface area contributed by atoms with E-state index in [0.29, 0.717) is 65.3 Å². The van der Waals surface area contributed by atoms with E-state index in [1.807, 2.05) is 0 Å². The summed E-state index contributed by atoms with van der Waals surface area (Å²) < 4.78 is 47.6. The Balaban J connectivity index is 0.000000266. The van der Waals surface area contributed by atoms with Crippen LogP contribution < -0.4 is 0 Å². The Morgan fingerprint density at radius 1 is 0.704 bits per heavy atom. The van der Waals surface area contributed by atoms with Gasteiger partial charge in [0, 0.05) is 85.1 Å². The summed E-state index contributed by atoms with van der Waals surface area (Å²) in [5.74, 6) is -0.681. The minimum Gasteiger partial charge on any atom is -0.466 e. The summed E-state index contributed by atoms with van der Waals surface area (Å²) in [6.07, 6.45) is 0.753. The quantitative estimate of drug-likeness (QED) is 0.113. The third kappa shape index (κ3) is 14.0. The first kappa shape index (κ1) is 43.9. The zero-order valence-corrected chi connectivity index (χ0v) is 33.8. The first-order valence-electron chi connectivity index (χ1n) is 19.3. The number of hydrogen-bond donors (Lipinski definition) is 0. The Hall–Kier alpha value is -2.81. The van der Waals surface area contributed by atoms with Crippen LogP contribution in [0.2, 0.25) is 0 Å². The second-order valence-electron chi connectivity index (χ2n) is 15.0. The van der Waals surface area contributed by atoms with Crippen molar-refractivity contribution in [2.45, 2.75) is 45.3 Å². The van der Waals surface area contributed by atoms with E-state index in [1.165, 1.54) is 0 Å². The highest BCUT2D eigenvalue weighted by molar-refractivity contribution is 7.85. The fourth-order valence-corrected chi connectivity index (χ4v) is 7.64. The van der Waals surface area contributed by atoms with Crippen LogP contribution in [0.3, 0.4) is 0 Å². The molecule has 0 radical (unpaired) electrons. The Kier molecular flexibility index (Phi) is 17.0. The molecule has 310 valence electrons. The number of amides is 2. The number of nitrogens with zero attached hydrogens (tertiary/aromatic N) is 7. The van der Waals surface area contributed by atoms with Crippen LogP contribution in [-0.2, 0) is 42.8 Å². The van der Waals surface area contributed by atoms with Crippen molar-refractivity contribution >= 4 is 34.2 Å². The zero-order valence-electron chi connectivity index (χ0n) is 32.9. The Morgan fingerprint density at radius 3 is 1.67 bits per heavy atom. The van der Waals surface area contributed by atoms with Gasteiger partial charge in [0.2, 0.25) is 0 Å². The molecule has 54 heavy (non-hydrogen) atoms. The summed E-state index contributed by atoms with van der Waals surface area (Å²) in [5.41, 5.74) is -0.834. The van der Waals surface area contributed by atoms with Crippen molar-refractivity contribution in [2.75, 3.05) is 151 Å². The average molecular weight is 790 g/mol. The van der Waals surface area contributed by atoms with Crippen molar-refractivity contribution in [2.24, 2.45) is 5.41 Å². The zero-order chi connectivity index (χ0) is 39.3. The van der Waals surface area contributed by atoms with Gasteiger partial charge in [-0.15, -0.1) is 0 Å². The molecule has 2 unspecified atom stereocenters. The summed E-state index contributed by atoms with van der Waals surface area (Å²) in [6.45, 7) is 18.1. The lowest BCUT2D eigenvalue weighted by Gasteiger charge is -2.39. The topological polar surface area (TPSA) is 171 Å². The highest BCUT2D eigenvalue weighted by Crippen LogP contribution is 2.37. The summed E-state index contributed by atoms with van der Waals surface area (Å²) in [7, 11) is 0.728. The average Bonchev–Trinajstić information content (AvgIpc) is 3.67. The molecule has 0 saturated carbocycles. The molecule has 5 aliphatic rings. The van der Waals surface area contributed by atoms with Gasteiger partial charge >= 0.3 is 24.1 Å². The molecule has 5 saturated heterocycles. The second kappa shape index (κ2) is 20.9. The van der Waals surface area contributed by atoms with Gasteiger partial charge in [-0.25, -0.2) is 9.59 Å². The monoisotopic (exact) mass is 789 g/mol. The number of carbonyl (C=O) groups excluding carboxylic acids is 4. The van der Waals surface area contributed by atoms with Crippen molar-refractivity contribution in [1.82, 2.24) is 34.3 Å². The maximum absolute atomic E-state index is 12.7. The van der Waals surface area contributed by atoms with Crippen molar-refractivity contribution in [3.8, 4) is 0 Å². The molecule has 5 heterocycles. The number of likely N-dealkylation sites (tertiary alicyclic amines) is 1. The highest BCUT2D eigenvalue weighted by atomic mass is 32.2. The number of esters is 2. The minimum atomic E-state index is -3.50. The molecule has 0 aromatic rings. The molecule has 5 rings (SSSR count). The van der Waals surface area contributed by atoms with Crippen LogP contribution in [0, 0.1) is 5.41 Å². The number of piperazine rings is 2. The predicted molar refractivity (Wildman–Crippen MR) is 198 cm³/mol. The number of likely N-dealkylation sites (N-methyl/N-ethyl adjacent to an activating group) is 2. The smallest absolute Gasteiger partial charge is 0.410 e. The second-order valence-corrected chi connectivity index (χ2v) is 16.6. The first-order chi connectivity index (χ1) is 25.7.